The molecular weight excluding hydrogens is 383 g/mol. The van der Waals surface area contributed by atoms with Crippen molar-refractivity contribution in [3.05, 3.63) is 65.0 Å². The number of nitrogens with one attached hydrogen (secondary N) is 1. The average Bonchev–Trinajstić information content (AvgIpc) is 3.16. The molecule has 1 aromatic carbocycles. The summed E-state index contributed by atoms with van der Waals surface area (Å²) in [7, 11) is 0. The molecule has 1 aliphatic rings. The minimum atomic E-state index is -4.35. The van der Waals surface area contributed by atoms with Crippen LogP contribution in [0.1, 0.15) is 48.3 Å². The number of hydrogen-bond donors (Lipinski definition) is 1. The molecule has 2 heterocycles. The van der Waals surface area contributed by atoms with E-state index in [1.165, 1.54) is 19.1 Å². The highest BCUT2D eigenvalue weighted by atomic mass is 19.4. The lowest BCUT2D eigenvalue weighted by molar-refractivity contribution is -0.137. The van der Waals surface area contributed by atoms with Crippen LogP contribution in [0.25, 0.3) is 0 Å². The smallest absolute Gasteiger partial charge is 0.347 e. The number of likely N-dealkylation sites (tertiary alicyclic amines) is 1. The number of hydrogen-bond acceptors (Lipinski definition) is 3. The van der Waals surface area contributed by atoms with Gasteiger partial charge < -0.3 is 10.2 Å². The summed E-state index contributed by atoms with van der Waals surface area (Å²) < 4.78 is 38.1. The number of pyridine rings is 1. The van der Waals surface area contributed by atoms with Crippen LogP contribution in [-0.4, -0.2) is 34.8 Å². The van der Waals surface area contributed by atoms with Crippen LogP contribution in [0.15, 0.2) is 42.5 Å². The summed E-state index contributed by atoms with van der Waals surface area (Å²) in [5.41, 5.74) is 1.53. The number of aromatic nitrogens is 1. The Labute approximate surface area is 166 Å². The molecule has 1 N–H and O–H groups in total. The highest BCUT2D eigenvalue weighted by Crippen LogP contribution is 2.31. The molecule has 0 bridgehead atoms. The first-order valence-electron chi connectivity index (χ1n) is 9.40. The normalized spacial score (nSPS) is 16.7. The molecule has 154 valence electrons. The molecule has 0 radical (unpaired) electrons. The van der Waals surface area contributed by atoms with Crippen molar-refractivity contribution in [2.75, 3.05) is 13.1 Å². The van der Waals surface area contributed by atoms with Crippen molar-refractivity contribution in [3.8, 4) is 0 Å². The quantitative estimate of drug-likeness (QED) is 0.828. The molecule has 0 spiro atoms. The number of amides is 2. The fourth-order valence-corrected chi connectivity index (χ4v) is 3.48. The third-order valence-electron chi connectivity index (χ3n) is 4.90. The predicted molar refractivity (Wildman–Crippen MR) is 101 cm³/mol. The molecule has 1 saturated heterocycles. The summed E-state index contributed by atoms with van der Waals surface area (Å²) in [6, 6.07) is 10.4. The summed E-state index contributed by atoms with van der Waals surface area (Å²) in [4.78, 5) is 29.8. The minimum Gasteiger partial charge on any atom is -0.347 e. The van der Waals surface area contributed by atoms with Crippen molar-refractivity contribution < 1.29 is 22.8 Å². The van der Waals surface area contributed by atoms with Crippen molar-refractivity contribution in [3.63, 3.8) is 0 Å². The van der Waals surface area contributed by atoms with Gasteiger partial charge in [-0.2, -0.15) is 13.2 Å². The molecule has 0 aliphatic carbocycles. The van der Waals surface area contributed by atoms with Crippen LogP contribution in [0.2, 0.25) is 0 Å². The van der Waals surface area contributed by atoms with Gasteiger partial charge in [-0.3, -0.25) is 14.6 Å². The number of alkyl halides is 3. The Morgan fingerprint density at radius 1 is 1.17 bits per heavy atom. The Morgan fingerprint density at radius 3 is 2.55 bits per heavy atom. The first kappa shape index (κ1) is 20.8. The summed E-state index contributed by atoms with van der Waals surface area (Å²) in [6.07, 6.45) is -2.32. The van der Waals surface area contributed by atoms with Crippen LogP contribution in [0.3, 0.4) is 0 Å². The molecular formula is C21H22F3N3O2. The number of carbonyl (C=O) groups excluding carboxylic acids is 2. The SMILES string of the molecule is CC(=O)NCC(=O)N1CCC[C@@H]1c1cccc(Cc2ccc(C(F)(F)F)cc2)n1. The Morgan fingerprint density at radius 2 is 1.90 bits per heavy atom. The van der Waals surface area contributed by atoms with Crippen LogP contribution < -0.4 is 5.32 Å². The van der Waals surface area contributed by atoms with Gasteiger partial charge in [0.2, 0.25) is 11.8 Å². The number of carbonyl (C=O) groups is 2. The highest BCUT2D eigenvalue weighted by Gasteiger charge is 2.31. The van der Waals surface area contributed by atoms with Gasteiger partial charge >= 0.3 is 6.18 Å². The fraction of sp³-hybridized carbons (Fsp3) is 0.381. The van der Waals surface area contributed by atoms with E-state index in [2.05, 4.69) is 10.3 Å². The lowest BCUT2D eigenvalue weighted by Crippen LogP contribution is -2.39. The second-order valence-electron chi connectivity index (χ2n) is 7.08. The lowest BCUT2D eigenvalue weighted by Gasteiger charge is -2.24. The van der Waals surface area contributed by atoms with Crippen LogP contribution in [0.5, 0.6) is 0 Å². The maximum atomic E-state index is 12.7. The summed E-state index contributed by atoms with van der Waals surface area (Å²) in [5.74, 6) is -0.414. The van der Waals surface area contributed by atoms with E-state index in [0.717, 1.165) is 41.9 Å². The second-order valence-corrected chi connectivity index (χ2v) is 7.08. The van der Waals surface area contributed by atoms with Gasteiger partial charge in [0.15, 0.2) is 0 Å². The van der Waals surface area contributed by atoms with E-state index in [4.69, 9.17) is 0 Å². The molecule has 1 aliphatic heterocycles. The van der Waals surface area contributed by atoms with Crippen molar-refractivity contribution >= 4 is 11.8 Å². The Hall–Kier alpha value is -2.90. The summed E-state index contributed by atoms with van der Waals surface area (Å²) >= 11 is 0. The standard InChI is InChI=1S/C21H22F3N3O2/c1-14(28)25-13-20(29)27-11-3-6-19(27)18-5-2-4-17(26-18)12-15-7-9-16(10-8-15)21(22,23)24/h2,4-5,7-10,19H,3,6,11-13H2,1H3,(H,25,28)/t19-/m1/s1. The maximum absolute atomic E-state index is 12.7. The Balaban J connectivity index is 1.72. The molecule has 0 saturated carbocycles. The van der Waals surface area contributed by atoms with E-state index in [1.807, 2.05) is 18.2 Å². The molecule has 3 rings (SSSR count). The van der Waals surface area contributed by atoms with Gasteiger partial charge in [0.1, 0.15) is 0 Å². The predicted octanol–water partition coefficient (Wildman–Crippen LogP) is 3.49. The largest absolute Gasteiger partial charge is 0.416 e. The number of halogens is 3. The Kier molecular flexibility index (Phi) is 6.20. The van der Waals surface area contributed by atoms with Crippen LogP contribution in [0.4, 0.5) is 13.2 Å². The van der Waals surface area contributed by atoms with Gasteiger partial charge in [-0.1, -0.05) is 18.2 Å². The topological polar surface area (TPSA) is 62.3 Å². The van der Waals surface area contributed by atoms with E-state index in [9.17, 15) is 22.8 Å². The highest BCUT2D eigenvalue weighted by molar-refractivity contribution is 5.84. The van der Waals surface area contributed by atoms with Gasteiger partial charge in [-0.25, -0.2) is 0 Å². The van der Waals surface area contributed by atoms with Crippen molar-refractivity contribution in [1.82, 2.24) is 15.2 Å². The molecule has 1 atom stereocenters. The summed E-state index contributed by atoms with van der Waals surface area (Å²) in [6.45, 7) is 1.92. The van der Waals surface area contributed by atoms with Gasteiger partial charge in [-0.05, 0) is 42.7 Å². The average molecular weight is 405 g/mol. The lowest BCUT2D eigenvalue weighted by atomic mass is 10.1. The molecule has 0 unspecified atom stereocenters. The van der Waals surface area contributed by atoms with E-state index in [-0.39, 0.29) is 24.4 Å². The van der Waals surface area contributed by atoms with E-state index in [0.29, 0.717) is 13.0 Å². The monoisotopic (exact) mass is 405 g/mol. The second kappa shape index (κ2) is 8.63. The third-order valence-corrected chi connectivity index (χ3v) is 4.90. The first-order valence-corrected chi connectivity index (χ1v) is 9.40. The minimum absolute atomic E-state index is 0.0446. The molecule has 1 fully saturated rings. The van der Waals surface area contributed by atoms with Gasteiger partial charge in [-0.15, -0.1) is 0 Å². The molecule has 2 amide bonds. The third kappa shape index (κ3) is 5.34. The zero-order chi connectivity index (χ0) is 21.0. The fourth-order valence-electron chi connectivity index (χ4n) is 3.48. The zero-order valence-corrected chi connectivity index (χ0v) is 16.0. The number of benzene rings is 1. The maximum Gasteiger partial charge on any atom is 0.416 e. The van der Waals surface area contributed by atoms with Crippen LogP contribution in [-0.2, 0) is 22.2 Å². The first-order chi connectivity index (χ1) is 13.7. The zero-order valence-electron chi connectivity index (χ0n) is 16.0. The Bertz CT molecular complexity index is 881. The van der Waals surface area contributed by atoms with Crippen molar-refractivity contribution in [2.24, 2.45) is 0 Å². The number of rotatable bonds is 5. The van der Waals surface area contributed by atoms with Crippen molar-refractivity contribution in [2.45, 2.75) is 38.4 Å². The van der Waals surface area contributed by atoms with Crippen LogP contribution >= 0.6 is 0 Å². The summed E-state index contributed by atoms with van der Waals surface area (Å²) in [5, 5.41) is 2.52. The van der Waals surface area contributed by atoms with E-state index in [1.54, 1.807) is 4.90 Å². The van der Waals surface area contributed by atoms with Gasteiger partial charge in [0.25, 0.3) is 0 Å². The van der Waals surface area contributed by atoms with Crippen LogP contribution in [0, 0.1) is 0 Å². The molecule has 29 heavy (non-hydrogen) atoms. The van der Waals surface area contributed by atoms with Gasteiger partial charge in [0.05, 0.1) is 23.8 Å². The van der Waals surface area contributed by atoms with Crippen molar-refractivity contribution in [1.29, 1.82) is 0 Å². The number of nitrogens with zero attached hydrogens (tertiary/aromatic N) is 2. The van der Waals surface area contributed by atoms with E-state index >= 15 is 0 Å². The molecule has 8 heteroatoms. The molecule has 2 aromatic rings. The molecule has 5 nitrogen and oxygen atoms in total. The molecule has 1 aromatic heterocycles. The van der Waals surface area contributed by atoms with Gasteiger partial charge in [0, 0.05) is 25.6 Å². The van der Waals surface area contributed by atoms with E-state index < -0.39 is 11.7 Å².